The van der Waals surface area contributed by atoms with Gasteiger partial charge in [0, 0.05) is 43.3 Å². The molecular formula is C17H23N3O3. The summed E-state index contributed by atoms with van der Waals surface area (Å²) < 4.78 is 5.33. The van der Waals surface area contributed by atoms with Crippen LogP contribution in [0.3, 0.4) is 0 Å². The molecule has 1 aromatic carbocycles. The van der Waals surface area contributed by atoms with Gasteiger partial charge in [-0.3, -0.25) is 14.5 Å². The van der Waals surface area contributed by atoms with E-state index in [4.69, 9.17) is 4.74 Å². The third-order valence-electron chi connectivity index (χ3n) is 4.28. The lowest BCUT2D eigenvalue weighted by molar-refractivity contribution is -0.116. The van der Waals surface area contributed by atoms with Crippen molar-refractivity contribution in [3.05, 3.63) is 29.3 Å². The molecule has 0 aromatic heterocycles. The van der Waals surface area contributed by atoms with Gasteiger partial charge < -0.3 is 15.4 Å². The standard InChI is InChI=1S/C17H23N3O3/c1-12(11-20-6-8-23-9-7-20)18-17(22)14-2-4-15-13(10-14)3-5-16(21)19-15/h2,4,10,12H,3,5-9,11H2,1H3,(H,18,22)(H,19,21). The van der Waals surface area contributed by atoms with Crippen molar-refractivity contribution < 1.29 is 14.3 Å². The number of anilines is 1. The van der Waals surface area contributed by atoms with Crippen LogP contribution < -0.4 is 10.6 Å². The van der Waals surface area contributed by atoms with Crippen molar-refractivity contribution in [3.8, 4) is 0 Å². The second-order valence-electron chi connectivity index (χ2n) is 6.21. The summed E-state index contributed by atoms with van der Waals surface area (Å²) in [6.07, 6.45) is 1.16. The topological polar surface area (TPSA) is 70.7 Å². The zero-order valence-electron chi connectivity index (χ0n) is 13.4. The number of nitrogens with one attached hydrogen (secondary N) is 2. The van der Waals surface area contributed by atoms with E-state index in [-0.39, 0.29) is 17.9 Å². The molecule has 2 heterocycles. The number of aryl methyl sites for hydroxylation is 1. The Kier molecular flexibility index (Phi) is 4.93. The fourth-order valence-electron chi connectivity index (χ4n) is 3.05. The Morgan fingerprint density at radius 1 is 1.35 bits per heavy atom. The highest BCUT2D eigenvalue weighted by Crippen LogP contribution is 2.23. The Labute approximate surface area is 136 Å². The van der Waals surface area contributed by atoms with Gasteiger partial charge >= 0.3 is 0 Å². The van der Waals surface area contributed by atoms with E-state index in [9.17, 15) is 9.59 Å². The second kappa shape index (κ2) is 7.10. The van der Waals surface area contributed by atoms with E-state index in [2.05, 4.69) is 15.5 Å². The Balaban J connectivity index is 1.58. The van der Waals surface area contributed by atoms with Gasteiger partial charge in [-0.2, -0.15) is 0 Å². The van der Waals surface area contributed by atoms with Crippen LogP contribution >= 0.6 is 0 Å². The summed E-state index contributed by atoms with van der Waals surface area (Å²) in [5.41, 5.74) is 2.49. The molecule has 0 radical (unpaired) electrons. The minimum atomic E-state index is -0.0644. The highest BCUT2D eigenvalue weighted by molar-refractivity contribution is 5.98. The van der Waals surface area contributed by atoms with Gasteiger partial charge in [-0.25, -0.2) is 0 Å². The maximum atomic E-state index is 12.4. The van der Waals surface area contributed by atoms with E-state index in [0.717, 1.165) is 44.1 Å². The van der Waals surface area contributed by atoms with E-state index in [1.54, 1.807) is 6.07 Å². The van der Waals surface area contributed by atoms with Gasteiger partial charge in [0.05, 0.1) is 13.2 Å². The minimum Gasteiger partial charge on any atom is -0.379 e. The third-order valence-corrected chi connectivity index (χ3v) is 4.28. The monoisotopic (exact) mass is 317 g/mol. The van der Waals surface area contributed by atoms with Crippen LogP contribution in [0.2, 0.25) is 0 Å². The van der Waals surface area contributed by atoms with Crippen LogP contribution in [0.5, 0.6) is 0 Å². The molecule has 1 atom stereocenters. The lowest BCUT2D eigenvalue weighted by Crippen LogP contribution is -2.46. The summed E-state index contributed by atoms with van der Waals surface area (Å²) >= 11 is 0. The van der Waals surface area contributed by atoms with Crippen LogP contribution in [-0.2, 0) is 16.0 Å². The van der Waals surface area contributed by atoms with Crippen molar-refractivity contribution in [2.45, 2.75) is 25.8 Å². The number of carbonyl (C=O) groups is 2. The molecule has 1 unspecified atom stereocenters. The average molecular weight is 317 g/mol. The van der Waals surface area contributed by atoms with Crippen molar-refractivity contribution >= 4 is 17.5 Å². The zero-order chi connectivity index (χ0) is 16.2. The number of ether oxygens (including phenoxy) is 1. The van der Waals surface area contributed by atoms with Crippen LogP contribution in [0, 0.1) is 0 Å². The highest BCUT2D eigenvalue weighted by Gasteiger charge is 2.19. The molecule has 3 rings (SSSR count). The highest BCUT2D eigenvalue weighted by atomic mass is 16.5. The summed E-state index contributed by atoms with van der Waals surface area (Å²) in [7, 11) is 0. The van der Waals surface area contributed by atoms with Crippen molar-refractivity contribution in [2.75, 3.05) is 38.2 Å². The van der Waals surface area contributed by atoms with E-state index in [1.165, 1.54) is 0 Å². The second-order valence-corrected chi connectivity index (χ2v) is 6.21. The van der Waals surface area contributed by atoms with E-state index >= 15 is 0 Å². The first-order valence-electron chi connectivity index (χ1n) is 8.15. The van der Waals surface area contributed by atoms with Gasteiger partial charge in [0.25, 0.3) is 5.91 Å². The fraction of sp³-hybridized carbons (Fsp3) is 0.529. The molecule has 0 spiro atoms. The molecule has 2 amide bonds. The Morgan fingerprint density at radius 3 is 2.91 bits per heavy atom. The van der Waals surface area contributed by atoms with Gasteiger partial charge in [0.2, 0.25) is 5.91 Å². The van der Waals surface area contributed by atoms with Gasteiger partial charge in [-0.15, -0.1) is 0 Å². The van der Waals surface area contributed by atoms with Gasteiger partial charge in [0.1, 0.15) is 0 Å². The molecule has 2 aliphatic heterocycles. The summed E-state index contributed by atoms with van der Waals surface area (Å²) in [6, 6.07) is 5.54. The first-order valence-corrected chi connectivity index (χ1v) is 8.15. The van der Waals surface area contributed by atoms with Crippen molar-refractivity contribution in [1.82, 2.24) is 10.2 Å². The molecule has 2 N–H and O–H groups in total. The molecule has 0 aliphatic carbocycles. The number of benzene rings is 1. The maximum absolute atomic E-state index is 12.4. The van der Waals surface area contributed by atoms with Gasteiger partial charge in [-0.05, 0) is 37.1 Å². The molecule has 2 aliphatic rings. The van der Waals surface area contributed by atoms with Crippen LogP contribution in [0.15, 0.2) is 18.2 Å². The molecule has 0 saturated carbocycles. The smallest absolute Gasteiger partial charge is 0.251 e. The number of carbonyl (C=O) groups excluding carboxylic acids is 2. The van der Waals surface area contributed by atoms with Crippen molar-refractivity contribution in [2.24, 2.45) is 0 Å². The number of hydrogen-bond donors (Lipinski definition) is 2. The number of rotatable bonds is 4. The van der Waals surface area contributed by atoms with Crippen LogP contribution in [0.25, 0.3) is 0 Å². The van der Waals surface area contributed by atoms with E-state index in [0.29, 0.717) is 18.4 Å². The number of hydrogen-bond acceptors (Lipinski definition) is 4. The van der Waals surface area contributed by atoms with E-state index < -0.39 is 0 Å². The molecule has 6 heteroatoms. The summed E-state index contributed by atoms with van der Waals surface area (Å²) in [6.45, 7) is 6.20. The molecule has 23 heavy (non-hydrogen) atoms. The lowest BCUT2D eigenvalue weighted by atomic mass is 10.00. The van der Waals surface area contributed by atoms with Crippen molar-refractivity contribution in [1.29, 1.82) is 0 Å². The Hall–Kier alpha value is -1.92. The minimum absolute atomic E-state index is 0.0360. The lowest BCUT2D eigenvalue weighted by Gasteiger charge is -2.29. The fourth-order valence-corrected chi connectivity index (χ4v) is 3.05. The van der Waals surface area contributed by atoms with E-state index in [1.807, 2.05) is 19.1 Å². The molecule has 1 saturated heterocycles. The Morgan fingerprint density at radius 2 is 2.13 bits per heavy atom. The molecular weight excluding hydrogens is 294 g/mol. The van der Waals surface area contributed by atoms with Crippen LogP contribution in [0.1, 0.15) is 29.3 Å². The van der Waals surface area contributed by atoms with Gasteiger partial charge in [-0.1, -0.05) is 0 Å². The van der Waals surface area contributed by atoms with Gasteiger partial charge in [0.15, 0.2) is 0 Å². The predicted octanol–water partition coefficient (Wildman–Crippen LogP) is 1.02. The molecule has 124 valence electrons. The number of amides is 2. The first-order chi connectivity index (χ1) is 11.1. The average Bonchev–Trinajstić information content (AvgIpc) is 2.55. The molecule has 1 aromatic rings. The third kappa shape index (κ3) is 4.09. The number of fused-ring (bicyclic) bond motifs is 1. The largest absolute Gasteiger partial charge is 0.379 e. The Bertz CT molecular complexity index is 597. The SMILES string of the molecule is CC(CN1CCOCC1)NC(=O)c1ccc2c(c1)CCC(=O)N2. The molecule has 6 nitrogen and oxygen atoms in total. The van der Waals surface area contributed by atoms with Crippen LogP contribution in [-0.4, -0.2) is 55.6 Å². The summed E-state index contributed by atoms with van der Waals surface area (Å²) in [5, 5.41) is 5.88. The normalized spacial score (nSPS) is 19.6. The first kappa shape index (κ1) is 16.0. The molecule has 0 bridgehead atoms. The quantitative estimate of drug-likeness (QED) is 0.870. The maximum Gasteiger partial charge on any atom is 0.251 e. The summed E-state index contributed by atoms with van der Waals surface area (Å²) in [4.78, 5) is 26.1. The van der Waals surface area contributed by atoms with Crippen LogP contribution in [0.4, 0.5) is 5.69 Å². The summed E-state index contributed by atoms with van der Waals surface area (Å²) in [5.74, 6) is -0.0284. The van der Waals surface area contributed by atoms with Crippen molar-refractivity contribution in [3.63, 3.8) is 0 Å². The predicted molar refractivity (Wildman–Crippen MR) is 87.6 cm³/mol. The number of morpholine rings is 1. The zero-order valence-corrected chi connectivity index (χ0v) is 13.4. The molecule has 1 fully saturated rings. The number of nitrogens with zero attached hydrogens (tertiary/aromatic N) is 1.